The SMILES string of the molecule is CCN1CCN(C(=S)c2ccc(OCC(=O)Nc3cccc(C)c3C)cc2)CC1. The van der Waals surface area contributed by atoms with Gasteiger partial charge in [-0.15, -0.1) is 0 Å². The van der Waals surface area contributed by atoms with Crippen LogP contribution in [0.15, 0.2) is 42.5 Å². The molecule has 1 saturated heterocycles. The van der Waals surface area contributed by atoms with Gasteiger partial charge < -0.3 is 19.9 Å². The monoisotopic (exact) mass is 411 g/mol. The number of nitrogens with zero attached hydrogens (tertiary/aromatic N) is 2. The zero-order valence-electron chi connectivity index (χ0n) is 17.4. The molecule has 0 saturated carbocycles. The minimum atomic E-state index is -0.174. The van der Waals surface area contributed by atoms with Crippen LogP contribution in [0.1, 0.15) is 23.6 Å². The van der Waals surface area contributed by atoms with Crippen molar-refractivity contribution in [2.75, 3.05) is 44.6 Å². The molecular formula is C23H29N3O2S. The Balaban J connectivity index is 1.51. The van der Waals surface area contributed by atoms with Crippen LogP contribution in [0.5, 0.6) is 5.75 Å². The predicted octanol–water partition coefficient (Wildman–Crippen LogP) is 3.63. The molecule has 2 aromatic rings. The quantitative estimate of drug-likeness (QED) is 0.736. The third-order valence-corrected chi connectivity index (χ3v) is 5.95. The highest BCUT2D eigenvalue weighted by Gasteiger charge is 2.18. The lowest BCUT2D eigenvalue weighted by atomic mass is 10.1. The Morgan fingerprint density at radius 2 is 1.76 bits per heavy atom. The van der Waals surface area contributed by atoms with Gasteiger partial charge in [-0.3, -0.25) is 4.79 Å². The summed E-state index contributed by atoms with van der Waals surface area (Å²) >= 11 is 5.66. The van der Waals surface area contributed by atoms with Gasteiger partial charge in [-0.05, 0) is 61.9 Å². The molecule has 5 nitrogen and oxygen atoms in total. The molecule has 0 spiro atoms. The van der Waals surface area contributed by atoms with Crippen LogP contribution in [0.3, 0.4) is 0 Å². The van der Waals surface area contributed by atoms with Crippen LogP contribution in [-0.4, -0.2) is 60.0 Å². The second-order valence-electron chi connectivity index (χ2n) is 7.34. The summed E-state index contributed by atoms with van der Waals surface area (Å²) in [5.74, 6) is 0.482. The molecule has 29 heavy (non-hydrogen) atoms. The predicted molar refractivity (Wildman–Crippen MR) is 122 cm³/mol. The van der Waals surface area contributed by atoms with E-state index in [1.165, 1.54) is 0 Å². The maximum atomic E-state index is 12.2. The summed E-state index contributed by atoms with van der Waals surface area (Å²) < 4.78 is 5.64. The van der Waals surface area contributed by atoms with E-state index in [9.17, 15) is 4.79 Å². The Morgan fingerprint density at radius 3 is 2.41 bits per heavy atom. The first-order chi connectivity index (χ1) is 14.0. The fraction of sp³-hybridized carbons (Fsp3) is 0.391. The zero-order valence-corrected chi connectivity index (χ0v) is 18.2. The van der Waals surface area contributed by atoms with E-state index in [0.717, 1.165) is 60.1 Å². The molecule has 0 unspecified atom stereocenters. The molecule has 1 aliphatic rings. The molecule has 0 atom stereocenters. The Hall–Kier alpha value is -2.44. The first-order valence-electron chi connectivity index (χ1n) is 10.1. The largest absolute Gasteiger partial charge is 0.484 e. The van der Waals surface area contributed by atoms with Crippen LogP contribution in [0, 0.1) is 13.8 Å². The van der Waals surface area contributed by atoms with Crippen molar-refractivity contribution in [1.82, 2.24) is 9.80 Å². The van der Waals surface area contributed by atoms with E-state index in [0.29, 0.717) is 5.75 Å². The standard InChI is InChI=1S/C23H29N3O2S/c1-4-25-12-14-26(15-13-25)23(29)19-8-10-20(11-9-19)28-16-22(27)24-21-7-5-6-17(2)18(21)3/h5-11H,4,12-16H2,1-3H3,(H,24,27). The molecule has 1 fully saturated rings. The summed E-state index contributed by atoms with van der Waals surface area (Å²) in [4.78, 5) is 17.8. The highest BCUT2D eigenvalue weighted by Crippen LogP contribution is 2.19. The average molecular weight is 412 g/mol. The molecule has 1 amide bonds. The normalized spacial score (nSPS) is 14.5. The van der Waals surface area contributed by atoms with Crippen molar-refractivity contribution >= 4 is 28.8 Å². The number of anilines is 1. The Bertz CT molecular complexity index is 859. The summed E-state index contributed by atoms with van der Waals surface area (Å²) in [7, 11) is 0. The highest BCUT2D eigenvalue weighted by atomic mass is 32.1. The summed E-state index contributed by atoms with van der Waals surface area (Å²) in [5, 5.41) is 2.91. The van der Waals surface area contributed by atoms with Crippen LogP contribution < -0.4 is 10.1 Å². The molecule has 3 rings (SSSR count). The molecule has 0 radical (unpaired) electrons. The van der Waals surface area contributed by atoms with Gasteiger partial charge >= 0.3 is 0 Å². The molecular weight excluding hydrogens is 382 g/mol. The number of rotatable bonds is 6. The average Bonchev–Trinajstić information content (AvgIpc) is 2.75. The third kappa shape index (κ3) is 5.55. The number of nitrogens with one attached hydrogen (secondary N) is 1. The fourth-order valence-corrected chi connectivity index (χ4v) is 3.68. The molecule has 0 bridgehead atoms. The van der Waals surface area contributed by atoms with Gasteiger partial charge in [0.2, 0.25) is 0 Å². The Labute approximate surface area is 178 Å². The first-order valence-corrected chi connectivity index (χ1v) is 10.5. The number of hydrogen-bond acceptors (Lipinski definition) is 4. The van der Waals surface area contributed by atoms with Crippen molar-refractivity contribution in [2.24, 2.45) is 0 Å². The third-order valence-electron chi connectivity index (χ3n) is 5.46. The van der Waals surface area contributed by atoms with Gasteiger partial charge in [-0.2, -0.15) is 0 Å². The summed E-state index contributed by atoms with van der Waals surface area (Å²) in [5.41, 5.74) is 4.05. The summed E-state index contributed by atoms with van der Waals surface area (Å²) in [6.45, 7) is 11.3. The number of piperazine rings is 1. The van der Waals surface area contributed by atoms with Gasteiger partial charge in [0.1, 0.15) is 10.7 Å². The van der Waals surface area contributed by atoms with Crippen LogP contribution in [0.25, 0.3) is 0 Å². The van der Waals surface area contributed by atoms with Crippen LogP contribution in [-0.2, 0) is 4.79 Å². The smallest absolute Gasteiger partial charge is 0.262 e. The lowest BCUT2D eigenvalue weighted by Crippen LogP contribution is -2.48. The molecule has 154 valence electrons. The van der Waals surface area contributed by atoms with E-state index in [1.807, 2.05) is 56.3 Å². The van der Waals surface area contributed by atoms with Gasteiger partial charge in [-0.1, -0.05) is 31.3 Å². The Kier molecular flexibility index (Phi) is 7.23. The summed E-state index contributed by atoms with van der Waals surface area (Å²) in [6, 6.07) is 13.5. The molecule has 6 heteroatoms. The van der Waals surface area contributed by atoms with E-state index in [1.54, 1.807) is 0 Å². The van der Waals surface area contributed by atoms with Crippen molar-refractivity contribution < 1.29 is 9.53 Å². The topological polar surface area (TPSA) is 44.8 Å². The zero-order chi connectivity index (χ0) is 20.8. The lowest BCUT2D eigenvalue weighted by Gasteiger charge is -2.35. The van der Waals surface area contributed by atoms with E-state index in [-0.39, 0.29) is 12.5 Å². The van der Waals surface area contributed by atoms with Gasteiger partial charge in [0, 0.05) is 37.4 Å². The number of benzene rings is 2. The number of carbonyl (C=O) groups is 1. The number of aryl methyl sites for hydroxylation is 1. The second-order valence-corrected chi connectivity index (χ2v) is 7.72. The fourth-order valence-electron chi connectivity index (χ4n) is 3.37. The number of carbonyl (C=O) groups excluding carboxylic acids is 1. The van der Waals surface area contributed by atoms with Crippen molar-refractivity contribution in [1.29, 1.82) is 0 Å². The molecule has 2 aromatic carbocycles. The maximum Gasteiger partial charge on any atom is 0.262 e. The number of ether oxygens (including phenoxy) is 1. The van der Waals surface area contributed by atoms with E-state index < -0.39 is 0 Å². The number of thiocarbonyl (C=S) groups is 1. The van der Waals surface area contributed by atoms with Gasteiger partial charge in [0.25, 0.3) is 5.91 Å². The lowest BCUT2D eigenvalue weighted by molar-refractivity contribution is -0.118. The second kappa shape index (κ2) is 9.85. The minimum Gasteiger partial charge on any atom is -0.484 e. The molecule has 0 aliphatic carbocycles. The number of likely N-dealkylation sites (N-methyl/N-ethyl adjacent to an activating group) is 1. The number of hydrogen-bond donors (Lipinski definition) is 1. The van der Waals surface area contributed by atoms with E-state index >= 15 is 0 Å². The van der Waals surface area contributed by atoms with Gasteiger partial charge in [0.05, 0.1) is 0 Å². The first kappa shape index (κ1) is 21.3. The van der Waals surface area contributed by atoms with Crippen molar-refractivity contribution in [3.63, 3.8) is 0 Å². The van der Waals surface area contributed by atoms with Crippen LogP contribution in [0.2, 0.25) is 0 Å². The molecule has 1 heterocycles. The molecule has 1 N–H and O–H groups in total. The van der Waals surface area contributed by atoms with Gasteiger partial charge in [0.15, 0.2) is 6.61 Å². The van der Waals surface area contributed by atoms with E-state index in [2.05, 4.69) is 22.0 Å². The number of amides is 1. The van der Waals surface area contributed by atoms with Crippen molar-refractivity contribution in [3.8, 4) is 5.75 Å². The maximum absolute atomic E-state index is 12.2. The minimum absolute atomic E-state index is 0.0316. The Morgan fingerprint density at radius 1 is 1.07 bits per heavy atom. The van der Waals surface area contributed by atoms with Crippen LogP contribution >= 0.6 is 12.2 Å². The van der Waals surface area contributed by atoms with Crippen LogP contribution in [0.4, 0.5) is 5.69 Å². The molecule has 1 aliphatic heterocycles. The molecule has 0 aromatic heterocycles. The van der Waals surface area contributed by atoms with E-state index in [4.69, 9.17) is 17.0 Å². The van der Waals surface area contributed by atoms with Crippen molar-refractivity contribution in [3.05, 3.63) is 59.2 Å². The highest BCUT2D eigenvalue weighted by molar-refractivity contribution is 7.80. The summed E-state index contributed by atoms with van der Waals surface area (Å²) in [6.07, 6.45) is 0. The van der Waals surface area contributed by atoms with Crippen molar-refractivity contribution in [2.45, 2.75) is 20.8 Å². The van der Waals surface area contributed by atoms with Gasteiger partial charge in [-0.25, -0.2) is 0 Å².